The Hall–Kier alpha value is -2.13. The number of aliphatic hydroxyl groups is 1. The minimum atomic E-state index is -1.46. The van der Waals surface area contributed by atoms with Gasteiger partial charge in [-0.3, -0.25) is 24.0 Å². The summed E-state index contributed by atoms with van der Waals surface area (Å²) in [6.07, 6.45) is -1.45. The van der Waals surface area contributed by atoms with Crippen LogP contribution in [0.2, 0.25) is 0 Å². The third-order valence-corrected chi connectivity index (χ3v) is 5.81. The van der Waals surface area contributed by atoms with Gasteiger partial charge in [0.25, 0.3) is 5.91 Å². The molecular weight excluding hydrogens is 476 g/mol. The number of hydrogen-bond donors (Lipinski definition) is 3. The Kier molecular flexibility index (Phi) is 13.3. The highest BCUT2D eigenvalue weighted by molar-refractivity contribution is 5.95. The second kappa shape index (κ2) is 14.1. The van der Waals surface area contributed by atoms with Crippen molar-refractivity contribution in [1.29, 1.82) is 0 Å². The van der Waals surface area contributed by atoms with E-state index >= 15 is 0 Å². The van der Waals surface area contributed by atoms with E-state index in [1.807, 2.05) is 0 Å². The number of ether oxygens (including phenoxy) is 1. The summed E-state index contributed by atoms with van der Waals surface area (Å²) in [5.41, 5.74) is -2.08. The summed E-state index contributed by atoms with van der Waals surface area (Å²) < 4.78 is 5.27. The maximum Gasteiger partial charge on any atom is 0.251 e. The summed E-state index contributed by atoms with van der Waals surface area (Å²) >= 11 is 0. The molecule has 0 spiro atoms. The largest absolute Gasteiger partial charge is 0.381 e. The molecule has 0 rings (SSSR count). The van der Waals surface area contributed by atoms with Crippen LogP contribution < -0.4 is 10.6 Å². The molecule has 0 aromatic heterocycles. The normalized spacial score (nSPS) is 15.1. The Bertz CT molecular complexity index is 814. The zero-order chi connectivity index (χ0) is 29.4. The van der Waals surface area contributed by atoms with Crippen LogP contribution >= 0.6 is 0 Å². The number of carbonyl (C=O) groups is 5. The zero-order valence-electron chi connectivity index (χ0n) is 24.7. The SMILES string of the molecule is CC(C)OCC(O)C(=O)NC(CCC(=O)NC(CCC(=O)C(C)(C)C)C(=O)C(C)(C)C)C(=O)C(C)(C)C. The lowest BCUT2D eigenvalue weighted by Gasteiger charge is -2.28. The Labute approximate surface area is 222 Å². The molecule has 3 atom stereocenters. The van der Waals surface area contributed by atoms with Gasteiger partial charge in [0.15, 0.2) is 17.7 Å². The molecule has 9 nitrogen and oxygen atoms in total. The first-order valence-electron chi connectivity index (χ1n) is 13.1. The van der Waals surface area contributed by atoms with Gasteiger partial charge >= 0.3 is 0 Å². The van der Waals surface area contributed by atoms with E-state index in [0.717, 1.165) is 0 Å². The van der Waals surface area contributed by atoms with Crippen LogP contribution in [0.5, 0.6) is 0 Å². The zero-order valence-corrected chi connectivity index (χ0v) is 24.7. The number of ketones is 3. The third kappa shape index (κ3) is 13.3. The van der Waals surface area contributed by atoms with Gasteiger partial charge < -0.3 is 20.5 Å². The van der Waals surface area contributed by atoms with E-state index in [9.17, 15) is 29.1 Å². The van der Waals surface area contributed by atoms with Crippen LogP contribution in [-0.2, 0) is 28.7 Å². The molecule has 3 N–H and O–H groups in total. The van der Waals surface area contributed by atoms with Crippen molar-refractivity contribution >= 4 is 29.2 Å². The van der Waals surface area contributed by atoms with Gasteiger partial charge in [-0.1, -0.05) is 62.3 Å². The van der Waals surface area contributed by atoms with E-state index in [0.29, 0.717) is 0 Å². The van der Waals surface area contributed by atoms with Gasteiger partial charge in [-0.05, 0) is 26.7 Å². The number of Topliss-reactive ketones (excluding diaryl/α,β-unsaturated/α-hetero) is 3. The van der Waals surface area contributed by atoms with Gasteiger partial charge in [-0.15, -0.1) is 0 Å². The summed E-state index contributed by atoms with van der Waals surface area (Å²) in [6.45, 7) is 19.1. The summed E-state index contributed by atoms with van der Waals surface area (Å²) in [4.78, 5) is 63.7. The van der Waals surface area contributed by atoms with Gasteiger partial charge in [-0.25, -0.2) is 0 Å². The predicted molar refractivity (Wildman–Crippen MR) is 143 cm³/mol. The monoisotopic (exact) mass is 526 g/mol. The van der Waals surface area contributed by atoms with Gasteiger partial charge in [0.1, 0.15) is 5.78 Å². The van der Waals surface area contributed by atoms with Gasteiger partial charge in [0, 0.05) is 29.1 Å². The lowest BCUT2D eigenvalue weighted by molar-refractivity contribution is -0.139. The molecule has 0 aromatic carbocycles. The lowest BCUT2D eigenvalue weighted by Crippen LogP contribution is -2.51. The molecule has 37 heavy (non-hydrogen) atoms. The molecule has 0 heterocycles. The average molecular weight is 527 g/mol. The van der Waals surface area contributed by atoms with Crippen molar-refractivity contribution in [3.05, 3.63) is 0 Å². The van der Waals surface area contributed by atoms with Crippen molar-refractivity contribution < 1.29 is 33.8 Å². The molecule has 9 heteroatoms. The lowest BCUT2D eigenvalue weighted by atomic mass is 9.82. The highest BCUT2D eigenvalue weighted by Crippen LogP contribution is 2.23. The minimum absolute atomic E-state index is 0.00740. The van der Waals surface area contributed by atoms with E-state index in [4.69, 9.17) is 4.74 Å². The van der Waals surface area contributed by atoms with Crippen molar-refractivity contribution in [3.8, 4) is 0 Å². The molecular formula is C28H50N2O7. The van der Waals surface area contributed by atoms with Crippen LogP contribution in [0, 0.1) is 16.2 Å². The van der Waals surface area contributed by atoms with E-state index in [2.05, 4.69) is 10.6 Å². The first-order valence-corrected chi connectivity index (χ1v) is 13.1. The maximum absolute atomic E-state index is 13.0. The van der Waals surface area contributed by atoms with Gasteiger partial charge in [0.05, 0.1) is 24.8 Å². The fourth-order valence-electron chi connectivity index (χ4n) is 3.40. The molecule has 0 saturated heterocycles. The van der Waals surface area contributed by atoms with E-state index in [-0.39, 0.29) is 55.7 Å². The molecule has 2 amide bonds. The number of carbonyl (C=O) groups excluding carboxylic acids is 5. The molecule has 3 unspecified atom stereocenters. The van der Waals surface area contributed by atoms with Crippen LogP contribution in [0.3, 0.4) is 0 Å². The minimum Gasteiger partial charge on any atom is -0.381 e. The quantitative estimate of drug-likeness (QED) is 0.316. The van der Waals surface area contributed by atoms with Gasteiger partial charge in [-0.2, -0.15) is 0 Å². The second-order valence-electron chi connectivity index (χ2n) is 13.1. The molecule has 0 saturated carbocycles. The molecule has 0 radical (unpaired) electrons. The summed E-state index contributed by atoms with van der Waals surface area (Å²) in [5, 5.41) is 15.4. The number of nitrogens with one attached hydrogen (secondary N) is 2. The first-order chi connectivity index (χ1) is 16.6. The molecule has 0 aliphatic rings. The summed E-state index contributed by atoms with van der Waals surface area (Å²) in [6, 6.07) is -1.86. The van der Waals surface area contributed by atoms with Crippen molar-refractivity contribution in [3.63, 3.8) is 0 Å². The second-order valence-corrected chi connectivity index (χ2v) is 13.1. The topological polar surface area (TPSA) is 139 Å². The predicted octanol–water partition coefficient (Wildman–Crippen LogP) is 3.15. The Morgan fingerprint density at radius 2 is 1.14 bits per heavy atom. The van der Waals surface area contributed by atoms with Crippen LogP contribution in [-0.4, -0.2) is 65.2 Å². The molecule has 0 aliphatic heterocycles. The fraction of sp³-hybridized carbons (Fsp3) is 0.821. The summed E-state index contributed by atoms with van der Waals surface area (Å²) in [5.74, 6) is -1.71. The number of hydrogen-bond acceptors (Lipinski definition) is 7. The van der Waals surface area contributed by atoms with E-state index < -0.39 is 46.2 Å². The van der Waals surface area contributed by atoms with Crippen LogP contribution in [0.15, 0.2) is 0 Å². The Morgan fingerprint density at radius 1 is 0.703 bits per heavy atom. The van der Waals surface area contributed by atoms with Crippen molar-refractivity contribution in [2.45, 2.75) is 126 Å². The smallest absolute Gasteiger partial charge is 0.251 e. The highest BCUT2D eigenvalue weighted by Gasteiger charge is 2.34. The van der Waals surface area contributed by atoms with Crippen molar-refractivity contribution in [1.82, 2.24) is 10.6 Å². The average Bonchev–Trinajstić information content (AvgIpc) is 2.74. The van der Waals surface area contributed by atoms with Crippen LogP contribution in [0.4, 0.5) is 0 Å². The Morgan fingerprint density at radius 3 is 1.54 bits per heavy atom. The summed E-state index contributed by atoms with van der Waals surface area (Å²) in [7, 11) is 0. The van der Waals surface area contributed by atoms with E-state index in [1.54, 1.807) is 76.2 Å². The maximum atomic E-state index is 13.0. The molecule has 0 bridgehead atoms. The molecule has 214 valence electrons. The van der Waals surface area contributed by atoms with Crippen LogP contribution in [0.1, 0.15) is 102 Å². The first kappa shape index (κ1) is 34.9. The van der Waals surface area contributed by atoms with Crippen molar-refractivity contribution in [2.24, 2.45) is 16.2 Å². The third-order valence-electron chi connectivity index (χ3n) is 5.81. The molecule has 0 fully saturated rings. The van der Waals surface area contributed by atoms with Gasteiger partial charge in [0.2, 0.25) is 5.91 Å². The van der Waals surface area contributed by atoms with Crippen LogP contribution in [0.25, 0.3) is 0 Å². The molecule has 0 aliphatic carbocycles. The van der Waals surface area contributed by atoms with E-state index in [1.165, 1.54) is 0 Å². The van der Waals surface area contributed by atoms with Crippen molar-refractivity contribution in [2.75, 3.05) is 6.61 Å². The molecule has 0 aromatic rings. The standard InChI is InChI=1S/C28H50N2O7/c1-17(2)37-16-20(31)25(36)30-19(24(35)28(9,10)11)13-15-22(33)29-18(23(34)27(6,7)8)12-14-21(32)26(3,4)5/h17-20,31H,12-16H2,1-11H3,(H,29,33)(H,30,36). The number of amides is 2. The highest BCUT2D eigenvalue weighted by atomic mass is 16.5. The fourth-order valence-corrected chi connectivity index (χ4v) is 3.40. The number of rotatable bonds is 14. The Balaban J connectivity index is 5.46. The number of aliphatic hydroxyl groups excluding tert-OH is 1.